The van der Waals surface area contributed by atoms with Gasteiger partial charge in [-0.15, -0.1) is 0 Å². The van der Waals surface area contributed by atoms with Crippen LogP contribution in [0.1, 0.15) is 33.1 Å². The number of hydrogen-bond acceptors (Lipinski definition) is 3. The summed E-state index contributed by atoms with van der Waals surface area (Å²) >= 11 is 0. The summed E-state index contributed by atoms with van der Waals surface area (Å²) in [5.41, 5.74) is 1.10. The minimum atomic E-state index is 0.199. The Kier molecular flexibility index (Phi) is 4.88. The lowest BCUT2D eigenvalue weighted by Gasteiger charge is -2.20. The van der Waals surface area contributed by atoms with Crippen LogP contribution in [0.25, 0.3) is 0 Å². The van der Waals surface area contributed by atoms with Crippen molar-refractivity contribution in [3.05, 3.63) is 24.3 Å². The Labute approximate surface area is 109 Å². The Morgan fingerprint density at radius 1 is 1.22 bits per heavy atom. The predicted octanol–water partition coefficient (Wildman–Crippen LogP) is 3.45. The molecule has 0 radical (unpaired) electrons. The molecular weight excluding hydrogens is 226 g/mol. The maximum atomic E-state index is 5.82. The van der Waals surface area contributed by atoms with Gasteiger partial charge in [0.15, 0.2) is 0 Å². The highest BCUT2D eigenvalue weighted by Gasteiger charge is 2.14. The highest BCUT2D eigenvalue weighted by Crippen LogP contribution is 2.27. The van der Waals surface area contributed by atoms with Gasteiger partial charge in [0.05, 0.1) is 11.8 Å². The van der Waals surface area contributed by atoms with Crippen LogP contribution in [0.5, 0.6) is 5.75 Å². The Hall–Kier alpha value is -1.22. The molecule has 18 heavy (non-hydrogen) atoms. The van der Waals surface area contributed by atoms with Gasteiger partial charge in [-0.05, 0) is 45.2 Å². The first-order valence-electron chi connectivity index (χ1n) is 6.85. The molecule has 1 saturated heterocycles. The van der Waals surface area contributed by atoms with Crippen LogP contribution in [0.2, 0.25) is 0 Å². The second-order valence-corrected chi connectivity index (χ2v) is 5.05. The molecule has 3 heteroatoms. The molecule has 1 atom stereocenters. The van der Waals surface area contributed by atoms with Crippen molar-refractivity contribution >= 4 is 5.69 Å². The monoisotopic (exact) mass is 249 g/mol. The first-order chi connectivity index (χ1) is 8.75. The number of benzene rings is 1. The third-order valence-corrected chi connectivity index (χ3v) is 3.06. The van der Waals surface area contributed by atoms with Crippen LogP contribution in [-0.4, -0.2) is 25.4 Å². The van der Waals surface area contributed by atoms with Gasteiger partial charge in [0, 0.05) is 19.3 Å². The molecule has 100 valence electrons. The van der Waals surface area contributed by atoms with Crippen LogP contribution in [0.4, 0.5) is 5.69 Å². The molecule has 0 bridgehead atoms. The van der Waals surface area contributed by atoms with Crippen molar-refractivity contribution in [1.82, 2.24) is 0 Å². The predicted molar refractivity (Wildman–Crippen MR) is 74.3 cm³/mol. The van der Waals surface area contributed by atoms with E-state index in [0.717, 1.165) is 43.9 Å². The fourth-order valence-electron chi connectivity index (χ4n) is 2.21. The van der Waals surface area contributed by atoms with Crippen molar-refractivity contribution in [2.75, 3.05) is 18.5 Å². The van der Waals surface area contributed by atoms with Gasteiger partial charge in [-0.1, -0.05) is 12.1 Å². The molecule has 0 spiro atoms. The molecule has 1 fully saturated rings. The van der Waals surface area contributed by atoms with Crippen LogP contribution in [0.15, 0.2) is 24.3 Å². The molecular formula is C15H23NO2. The summed E-state index contributed by atoms with van der Waals surface area (Å²) in [6, 6.07) is 8.66. The zero-order valence-electron chi connectivity index (χ0n) is 11.3. The molecule has 0 saturated carbocycles. The summed E-state index contributed by atoms with van der Waals surface area (Å²) in [4.78, 5) is 0. The third kappa shape index (κ3) is 3.91. The number of anilines is 1. The van der Waals surface area contributed by atoms with Gasteiger partial charge < -0.3 is 14.8 Å². The Balaban J connectivity index is 2.02. The van der Waals surface area contributed by atoms with Gasteiger partial charge in [0.2, 0.25) is 0 Å². The quantitative estimate of drug-likeness (QED) is 0.886. The summed E-state index contributed by atoms with van der Waals surface area (Å²) < 4.78 is 11.3. The molecule has 1 heterocycles. The lowest BCUT2D eigenvalue weighted by atomic mass is 10.1. The van der Waals surface area contributed by atoms with Gasteiger partial charge in [0.1, 0.15) is 5.75 Å². The summed E-state index contributed by atoms with van der Waals surface area (Å²) in [6.45, 7) is 5.85. The molecule has 1 aliphatic rings. The number of nitrogens with one attached hydrogen (secondary N) is 1. The van der Waals surface area contributed by atoms with Crippen LogP contribution >= 0.6 is 0 Å². The van der Waals surface area contributed by atoms with Crippen LogP contribution < -0.4 is 10.1 Å². The van der Waals surface area contributed by atoms with Gasteiger partial charge >= 0.3 is 0 Å². The average Bonchev–Trinajstić information content (AvgIpc) is 2.60. The number of rotatable bonds is 4. The first-order valence-corrected chi connectivity index (χ1v) is 6.85. The molecule has 1 aromatic carbocycles. The number of para-hydroxylation sites is 2. The van der Waals surface area contributed by atoms with E-state index in [9.17, 15) is 0 Å². The van der Waals surface area contributed by atoms with Crippen molar-refractivity contribution in [3.8, 4) is 5.75 Å². The molecule has 0 aliphatic carbocycles. The summed E-state index contributed by atoms with van der Waals surface area (Å²) in [5, 5.41) is 3.59. The highest BCUT2D eigenvalue weighted by atomic mass is 16.5. The lowest BCUT2D eigenvalue weighted by Crippen LogP contribution is -2.20. The highest BCUT2D eigenvalue weighted by molar-refractivity contribution is 5.56. The summed E-state index contributed by atoms with van der Waals surface area (Å²) in [7, 11) is 0. The minimum absolute atomic E-state index is 0.199. The molecule has 1 aromatic rings. The Bertz CT molecular complexity index is 357. The molecule has 0 amide bonds. The van der Waals surface area contributed by atoms with Crippen molar-refractivity contribution in [1.29, 1.82) is 0 Å². The first kappa shape index (κ1) is 13.2. The van der Waals surface area contributed by atoms with Crippen LogP contribution in [0, 0.1) is 0 Å². The molecule has 3 nitrogen and oxygen atoms in total. The lowest BCUT2D eigenvalue weighted by molar-refractivity contribution is 0.144. The SMILES string of the molecule is CC(C)Oc1ccccc1NC1CCCOCC1. The Morgan fingerprint density at radius 2 is 2.06 bits per heavy atom. The fourth-order valence-corrected chi connectivity index (χ4v) is 2.21. The minimum Gasteiger partial charge on any atom is -0.489 e. The fraction of sp³-hybridized carbons (Fsp3) is 0.600. The zero-order chi connectivity index (χ0) is 12.8. The number of ether oxygens (including phenoxy) is 2. The van der Waals surface area contributed by atoms with E-state index in [4.69, 9.17) is 9.47 Å². The van der Waals surface area contributed by atoms with E-state index in [1.54, 1.807) is 0 Å². The van der Waals surface area contributed by atoms with E-state index in [0.29, 0.717) is 6.04 Å². The Morgan fingerprint density at radius 3 is 2.89 bits per heavy atom. The van der Waals surface area contributed by atoms with Gasteiger partial charge in [-0.25, -0.2) is 0 Å². The van der Waals surface area contributed by atoms with Gasteiger partial charge in [-0.2, -0.15) is 0 Å². The summed E-state index contributed by atoms with van der Waals surface area (Å²) in [6.07, 6.45) is 3.56. The van der Waals surface area contributed by atoms with E-state index in [1.165, 1.54) is 0 Å². The smallest absolute Gasteiger partial charge is 0.142 e. The molecule has 1 unspecified atom stereocenters. The maximum Gasteiger partial charge on any atom is 0.142 e. The zero-order valence-corrected chi connectivity index (χ0v) is 11.3. The van der Waals surface area contributed by atoms with E-state index < -0.39 is 0 Å². The van der Waals surface area contributed by atoms with Crippen molar-refractivity contribution in [2.24, 2.45) is 0 Å². The van der Waals surface area contributed by atoms with Crippen LogP contribution in [0.3, 0.4) is 0 Å². The molecule has 1 N–H and O–H groups in total. The van der Waals surface area contributed by atoms with Crippen molar-refractivity contribution in [2.45, 2.75) is 45.3 Å². The third-order valence-electron chi connectivity index (χ3n) is 3.06. The maximum absolute atomic E-state index is 5.82. The van der Waals surface area contributed by atoms with E-state index in [1.807, 2.05) is 18.2 Å². The van der Waals surface area contributed by atoms with Crippen LogP contribution in [-0.2, 0) is 4.74 Å². The van der Waals surface area contributed by atoms with Gasteiger partial charge in [0.25, 0.3) is 0 Å². The molecule has 2 rings (SSSR count). The van der Waals surface area contributed by atoms with E-state index in [2.05, 4.69) is 25.2 Å². The van der Waals surface area contributed by atoms with E-state index >= 15 is 0 Å². The number of hydrogen-bond donors (Lipinski definition) is 1. The van der Waals surface area contributed by atoms with Crippen molar-refractivity contribution in [3.63, 3.8) is 0 Å². The average molecular weight is 249 g/mol. The van der Waals surface area contributed by atoms with Gasteiger partial charge in [-0.3, -0.25) is 0 Å². The summed E-state index contributed by atoms with van der Waals surface area (Å²) in [5.74, 6) is 0.942. The largest absolute Gasteiger partial charge is 0.489 e. The standard InChI is InChI=1S/C15H23NO2/c1-12(2)18-15-8-4-3-7-14(15)16-13-6-5-10-17-11-9-13/h3-4,7-8,12-13,16H,5-6,9-11H2,1-2H3. The normalized spacial score (nSPS) is 20.5. The second kappa shape index (κ2) is 6.64. The second-order valence-electron chi connectivity index (χ2n) is 5.05. The topological polar surface area (TPSA) is 30.5 Å². The molecule has 1 aliphatic heterocycles. The van der Waals surface area contributed by atoms with E-state index in [-0.39, 0.29) is 6.10 Å². The van der Waals surface area contributed by atoms with Crippen molar-refractivity contribution < 1.29 is 9.47 Å². The molecule has 0 aromatic heterocycles.